The van der Waals surface area contributed by atoms with Crippen LogP contribution in [0.1, 0.15) is 22.3 Å². The standard InChI is InChI=1S/C14H16N4O2S/c1-3-15-12(19)11-9(2)16-14(21-11)18-13(20)17-10-7-5-4-6-8-10/h4-8H,3H2,1-2H3,(H,15,19)(H2,16,17,18,20). The van der Waals surface area contributed by atoms with Crippen molar-refractivity contribution in [1.82, 2.24) is 10.3 Å². The van der Waals surface area contributed by atoms with E-state index in [1.807, 2.05) is 25.1 Å². The number of thiazole rings is 1. The summed E-state index contributed by atoms with van der Waals surface area (Å²) in [6, 6.07) is 8.70. The Labute approximate surface area is 126 Å². The molecule has 0 radical (unpaired) electrons. The van der Waals surface area contributed by atoms with E-state index < -0.39 is 6.03 Å². The van der Waals surface area contributed by atoms with Crippen LogP contribution in [0.25, 0.3) is 0 Å². The molecule has 1 aromatic heterocycles. The van der Waals surface area contributed by atoms with Crippen molar-refractivity contribution in [3.05, 3.63) is 40.9 Å². The second kappa shape index (κ2) is 6.85. The fourth-order valence-electron chi connectivity index (χ4n) is 1.68. The van der Waals surface area contributed by atoms with Gasteiger partial charge in [-0.1, -0.05) is 29.5 Å². The highest BCUT2D eigenvalue weighted by atomic mass is 32.1. The monoisotopic (exact) mass is 304 g/mol. The molecule has 0 saturated heterocycles. The number of benzene rings is 1. The average Bonchev–Trinajstić information content (AvgIpc) is 2.80. The van der Waals surface area contributed by atoms with Gasteiger partial charge in [0.1, 0.15) is 4.88 Å². The van der Waals surface area contributed by atoms with Crippen molar-refractivity contribution in [3.8, 4) is 0 Å². The lowest BCUT2D eigenvalue weighted by Crippen LogP contribution is -2.22. The minimum absolute atomic E-state index is 0.177. The van der Waals surface area contributed by atoms with Gasteiger partial charge >= 0.3 is 6.03 Å². The van der Waals surface area contributed by atoms with Gasteiger partial charge in [0.05, 0.1) is 5.69 Å². The molecule has 3 amide bonds. The lowest BCUT2D eigenvalue weighted by molar-refractivity contribution is 0.0959. The third-order valence-corrected chi connectivity index (χ3v) is 3.66. The van der Waals surface area contributed by atoms with Gasteiger partial charge in [0.2, 0.25) is 0 Å². The molecule has 0 aliphatic rings. The Morgan fingerprint density at radius 2 is 1.90 bits per heavy atom. The molecule has 1 aromatic carbocycles. The Bertz CT molecular complexity index is 640. The van der Waals surface area contributed by atoms with Crippen LogP contribution in [0.15, 0.2) is 30.3 Å². The summed E-state index contributed by atoms with van der Waals surface area (Å²) in [5.74, 6) is -0.177. The zero-order valence-electron chi connectivity index (χ0n) is 11.8. The third-order valence-electron chi connectivity index (χ3n) is 2.59. The number of urea groups is 1. The Hall–Kier alpha value is -2.41. The van der Waals surface area contributed by atoms with E-state index in [-0.39, 0.29) is 5.91 Å². The zero-order valence-corrected chi connectivity index (χ0v) is 12.6. The molecular weight excluding hydrogens is 288 g/mol. The lowest BCUT2D eigenvalue weighted by atomic mass is 10.3. The molecule has 7 heteroatoms. The third kappa shape index (κ3) is 4.03. The number of rotatable bonds is 4. The van der Waals surface area contributed by atoms with Crippen molar-refractivity contribution < 1.29 is 9.59 Å². The van der Waals surface area contributed by atoms with Crippen LogP contribution >= 0.6 is 11.3 Å². The van der Waals surface area contributed by atoms with Crippen molar-refractivity contribution in [2.75, 3.05) is 17.2 Å². The number of nitrogens with zero attached hydrogens (tertiary/aromatic N) is 1. The quantitative estimate of drug-likeness (QED) is 0.812. The summed E-state index contributed by atoms with van der Waals surface area (Å²) in [4.78, 5) is 28.3. The number of carbonyl (C=O) groups excluding carboxylic acids is 2. The number of hydrogen-bond acceptors (Lipinski definition) is 4. The van der Waals surface area contributed by atoms with Crippen molar-refractivity contribution in [3.63, 3.8) is 0 Å². The second-order valence-electron chi connectivity index (χ2n) is 4.24. The number of hydrogen-bond donors (Lipinski definition) is 3. The lowest BCUT2D eigenvalue weighted by Gasteiger charge is -2.04. The van der Waals surface area contributed by atoms with Crippen molar-refractivity contribution >= 4 is 34.1 Å². The Morgan fingerprint density at radius 1 is 1.19 bits per heavy atom. The number of amides is 3. The maximum atomic E-state index is 11.8. The molecule has 6 nitrogen and oxygen atoms in total. The first-order chi connectivity index (χ1) is 10.1. The number of para-hydroxylation sites is 1. The highest BCUT2D eigenvalue weighted by Crippen LogP contribution is 2.22. The molecule has 0 bridgehead atoms. The molecule has 0 spiro atoms. The smallest absolute Gasteiger partial charge is 0.325 e. The van der Waals surface area contributed by atoms with Crippen LogP contribution in [0.4, 0.5) is 15.6 Å². The summed E-state index contributed by atoms with van der Waals surface area (Å²) in [5, 5.41) is 8.42. The molecule has 0 aliphatic heterocycles. The van der Waals surface area contributed by atoms with Gasteiger partial charge in [0.25, 0.3) is 5.91 Å². The number of aryl methyl sites for hydroxylation is 1. The number of carbonyl (C=O) groups is 2. The van der Waals surface area contributed by atoms with E-state index in [0.717, 1.165) is 11.3 Å². The van der Waals surface area contributed by atoms with E-state index in [1.165, 1.54) is 0 Å². The Morgan fingerprint density at radius 3 is 2.57 bits per heavy atom. The molecule has 3 N–H and O–H groups in total. The van der Waals surface area contributed by atoms with Gasteiger partial charge in [0.15, 0.2) is 5.13 Å². The topological polar surface area (TPSA) is 83.1 Å². The zero-order chi connectivity index (χ0) is 15.2. The maximum Gasteiger partial charge on any atom is 0.325 e. The predicted molar refractivity (Wildman–Crippen MR) is 83.9 cm³/mol. The molecule has 2 rings (SSSR count). The van der Waals surface area contributed by atoms with E-state index in [0.29, 0.717) is 27.9 Å². The number of nitrogens with one attached hydrogen (secondary N) is 3. The van der Waals surface area contributed by atoms with Crippen LogP contribution in [0.3, 0.4) is 0 Å². The van der Waals surface area contributed by atoms with Gasteiger partial charge in [-0.15, -0.1) is 0 Å². The predicted octanol–water partition coefficient (Wildman–Crippen LogP) is 2.85. The summed E-state index contributed by atoms with van der Waals surface area (Å²) in [6.07, 6.45) is 0. The van der Waals surface area contributed by atoms with E-state index in [9.17, 15) is 9.59 Å². The highest BCUT2D eigenvalue weighted by molar-refractivity contribution is 7.17. The molecule has 0 atom stereocenters. The molecule has 0 aliphatic carbocycles. The van der Waals surface area contributed by atoms with E-state index >= 15 is 0 Å². The molecular formula is C14H16N4O2S. The van der Waals surface area contributed by atoms with Crippen LogP contribution in [0.2, 0.25) is 0 Å². The minimum Gasteiger partial charge on any atom is -0.352 e. The van der Waals surface area contributed by atoms with Crippen LogP contribution in [-0.2, 0) is 0 Å². The number of anilines is 2. The van der Waals surface area contributed by atoms with Gasteiger partial charge in [-0.05, 0) is 26.0 Å². The summed E-state index contributed by atoms with van der Waals surface area (Å²) < 4.78 is 0. The minimum atomic E-state index is -0.391. The molecule has 1 heterocycles. The molecule has 0 saturated carbocycles. The molecule has 110 valence electrons. The molecule has 0 unspecified atom stereocenters. The summed E-state index contributed by atoms with van der Waals surface area (Å²) in [7, 11) is 0. The molecule has 0 fully saturated rings. The summed E-state index contributed by atoms with van der Waals surface area (Å²) in [6.45, 7) is 4.13. The van der Waals surface area contributed by atoms with Gasteiger partial charge in [-0.25, -0.2) is 9.78 Å². The Kier molecular flexibility index (Phi) is 4.89. The van der Waals surface area contributed by atoms with E-state index in [1.54, 1.807) is 19.1 Å². The first-order valence-electron chi connectivity index (χ1n) is 6.49. The number of aromatic nitrogens is 1. The van der Waals surface area contributed by atoms with Gasteiger partial charge in [-0.3, -0.25) is 10.1 Å². The maximum absolute atomic E-state index is 11.8. The second-order valence-corrected chi connectivity index (χ2v) is 5.24. The highest BCUT2D eigenvalue weighted by Gasteiger charge is 2.15. The fourth-order valence-corrected chi connectivity index (χ4v) is 2.56. The van der Waals surface area contributed by atoms with Crippen molar-refractivity contribution in [2.24, 2.45) is 0 Å². The summed E-state index contributed by atoms with van der Waals surface area (Å²) >= 11 is 1.15. The Balaban J connectivity index is 2.01. The van der Waals surface area contributed by atoms with E-state index in [2.05, 4.69) is 20.9 Å². The normalized spacial score (nSPS) is 10.0. The van der Waals surface area contributed by atoms with Crippen molar-refractivity contribution in [1.29, 1.82) is 0 Å². The molecule has 21 heavy (non-hydrogen) atoms. The summed E-state index contributed by atoms with van der Waals surface area (Å²) in [5.41, 5.74) is 1.29. The van der Waals surface area contributed by atoms with E-state index in [4.69, 9.17) is 0 Å². The molecule has 2 aromatic rings. The van der Waals surface area contributed by atoms with Gasteiger partial charge in [0, 0.05) is 12.2 Å². The van der Waals surface area contributed by atoms with Gasteiger partial charge in [-0.2, -0.15) is 0 Å². The van der Waals surface area contributed by atoms with Crippen LogP contribution in [-0.4, -0.2) is 23.5 Å². The fraction of sp³-hybridized carbons (Fsp3) is 0.214. The van der Waals surface area contributed by atoms with Gasteiger partial charge < -0.3 is 10.6 Å². The van der Waals surface area contributed by atoms with Crippen LogP contribution in [0.5, 0.6) is 0 Å². The first kappa shape index (κ1) is 15.0. The first-order valence-corrected chi connectivity index (χ1v) is 7.30. The van der Waals surface area contributed by atoms with Crippen LogP contribution < -0.4 is 16.0 Å². The van der Waals surface area contributed by atoms with Crippen LogP contribution in [0, 0.1) is 6.92 Å². The van der Waals surface area contributed by atoms with Crippen molar-refractivity contribution in [2.45, 2.75) is 13.8 Å². The average molecular weight is 304 g/mol. The largest absolute Gasteiger partial charge is 0.352 e. The SMILES string of the molecule is CCNC(=O)c1sc(NC(=O)Nc2ccccc2)nc1C.